The molecular formula is C21H40O. The zero-order chi connectivity index (χ0) is 15.6. The van der Waals surface area contributed by atoms with E-state index >= 15 is 0 Å². The highest BCUT2D eigenvalue weighted by Gasteiger charge is 2.31. The average Bonchev–Trinajstić information content (AvgIpc) is 2.58. The molecule has 1 heteroatoms. The summed E-state index contributed by atoms with van der Waals surface area (Å²) < 4.78 is 6.18. The van der Waals surface area contributed by atoms with E-state index in [9.17, 15) is 0 Å². The molecule has 1 nitrogen and oxygen atoms in total. The average molecular weight is 309 g/mol. The van der Waals surface area contributed by atoms with Crippen LogP contribution >= 0.6 is 0 Å². The van der Waals surface area contributed by atoms with Gasteiger partial charge in [0.25, 0.3) is 0 Å². The monoisotopic (exact) mass is 308 g/mol. The zero-order valence-corrected chi connectivity index (χ0v) is 15.3. The van der Waals surface area contributed by atoms with Crippen LogP contribution in [0.3, 0.4) is 0 Å². The van der Waals surface area contributed by atoms with Crippen molar-refractivity contribution in [1.29, 1.82) is 0 Å². The molecule has 0 heterocycles. The van der Waals surface area contributed by atoms with Gasteiger partial charge in [-0.05, 0) is 56.3 Å². The largest absolute Gasteiger partial charge is 0.378 e. The molecule has 2 atom stereocenters. The lowest BCUT2D eigenvalue weighted by Gasteiger charge is -2.38. The Hall–Kier alpha value is -0.0400. The van der Waals surface area contributed by atoms with Crippen molar-refractivity contribution in [3.05, 3.63) is 0 Å². The van der Waals surface area contributed by atoms with Gasteiger partial charge in [0.15, 0.2) is 0 Å². The highest BCUT2D eigenvalue weighted by Crippen LogP contribution is 2.41. The number of unbranched alkanes of at least 4 members (excludes halogenated alkanes) is 3. The molecule has 0 saturated heterocycles. The molecule has 2 aliphatic rings. The van der Waals surface area contributed by atoms with E-state index in [1.54, 1.807) is 0 Å². The van der Waals surface area contributed by atoms with E-state index in [4.69, 9.17) is 4.74 Å². The van der Waals surface area contributed by atoms with Crippen LogP contribution < -0.4 is 0 Å². The molecule has 2 aliphatic carbocycles. The van der Waals surface area contributed by atoms with E-state index in [2.05, 4.69) is 13.8 Å². The van der Waals surface area contributed by atoms with Gasteiger partial charge in [0.1, 0.15) is 0 Å². The van der Waals surface area contributed by atoms with Crippen molar-refractivity contribution in [2.75, 3.05) is 6.61 Å². The predicted molar refractivity (Wildman–Crippen MR) is 96.2 cm³/mol. The van der Waals surface area contributed by atoms with Gasteiger partial charge in [0, 0.05) is 6.61 Å². The first-order valence-electron chi connectivity index (χ1n) is 10.4. The minimum Gasteiger partial charge on any atom is -0.378 e. The summed E-state index contributed by atoms with van der Waals surface area (Å²) in [6.45, 7) is 5.61. The van der Waals surface area contributed by atoms with Gasteiger partial charge in [0.2, 0.25) is 0 Å². The fraction of sp³-hybridized carbons (Fsp3) is 1.00. The molecule has 130 valence electrons. The van der Waals surface area contributed by atoms with Gasteiger partial charge in [-0.2, -0.15) is 0 Å². The Morgan fingerprint density at radius 1 is 0.773 bits per heavy atom. The molecule has 0 bridgehead atoms. The van der Waals surface area contributed by atoms with Crippen molar-refractivity contribution in [2.24, 2.45) is 17.8 Å². The Kier molecular flexibility index (Phi) is 8.89. The van der Waals surface area contributed by atoms with Crippen LogP contribution in [-0.4, -0.2) is 12.7 Å². The molecule has 0 aromatic heterocycles. The van der Waals surface area contributed by atoms with Crippen molar-refractivity contribution >= 4 is 0 Å². The fourth-order valence-electron chi connectivity index (χ4n) is 4.80. The lowest BCUT2D eigenvalue weighted by molar-refractivity contribution is -0.00359. The van der Waals surface area contributed by atoms with Crippen LogP contribution in [0.25, 0.3) is 0 Å². The molecule has 0 aliphatic heterocycles. The van der Waals surface area contributed by atoms with Crippen LogP contribution in [0, 0.1) is 17.8 Å². The van der Waals surface area contributed by atoms with Crippen molar-refractivity contribution in [1.82, 2.24) is 0 Å². The van der Waals surface area contributed by atoms with Gasteiger partial charge >= 0.3 is 0 Å². The van der Waals surface area contributed by atoms with Crippen molar-refractivity contribution in [3.63, 3.8) is 0 Å². The maximum atomic E-state index is 6.18. The first kappa shape index (κ1) is 18.3. The maximum Gasteiger partial charge on any atom is 0.0577 e. The summed E-state index contributed by atoms with van der Waals surface area (Å²) in [4.78, 5) is 0. The molecule has 0 radical (unpaired) electrons. The smallest absolute Gasteiger partial charge is 0.0577 e. The summed E-state index contributed by atoms with van der Waals surface area (Å²) in [7, 11) is 0. The third-order valence-corrected chi connectivity index (χ3v) is 6.29. The summed E-state index contributed by atoms with van der Waals surface area (Å²) in [6.07, 6.45) is 20.5. The second kappa shape index (κ2) is 10.7. The lowest BCUT2D eigenvalue weighted by atomic mass is 9.70. The Labute approximate surface area is 139 Å². The van der Waals surface area contributed by atoms with Crippen molar-refractivity contribution < 1.29 is 4.74 Å². The molecule has 0 aromatic rings. The lowest BCUT2D eigenvalue weighted by Crippen LogP contribution is -2.30. The molecule has 0 aromatic carbocycles. The summed E-state index contributed by atoms with van der Waals surface area (Å²) in [6, 6.07) is 0. The Morgan fingerprint density at radius 3 is 2.27 bits per heavy atom. The summed E-state index contributed by atoms with van der Waals surface area (Å²) in [5.74, 6) is 3.07. The topological polar surface area (TPSA) is 9.23 Å². The van der Waals surface area contributed by atoms with Gasteiger partial charge < -0.3 is 4.74 Å². The highest BCUT2D eigenvalue weighted by atomic mass is 16.5. The van der Waals surface area contributed by atoms with E-state index in [0.29, 0.717) is 6.10 Å². The summed E-state index contributed by atoms with van der Waals surface area (Å²) >= 11 is 0. The fourth-order valence-corrected chi connectivity index (χ4v) is 4.80. The zero-order valence-electron chi connectivity index (χ0n) is 15.3. The third-order valence-electron chi connectivity index (χ3n) is 6.29. The van der Waals surface area contributed by atoms with Crippen LogP contribution in [0.1, 0.15) is 104 Å². The SMILES string of the molecule is CCCCCO[C@@H]1CCC[C@@H]([C@H]2CC[C@@H](CCCC)CC2)C1. The van der Waals surface area contributed by atoms with E-state index in [-0.39, 0.29) is 0 Å². The van der Waals surface area contributed by atoms with Crippen LogP contribution in [0.5, 0.6) is 0 Å². The molecule has 2 fully saturated rings. The van der Waals surface area contributed by atoms with Gasteiger partial charge in [-0.3, -0.25) is 0 Å². The third kappa shape index (κ3) is 6.22. The number of hydrogen-bond acceptors (Lipinski definition) is 1. The normalized spacial score (nSPS) is 33.0. The van der Waals surface area contributed by atoms with E-state index in [1.165, 1.54) is 89.9 Å². The summed E-state index contributed by atoms with van der Waals surface area (Å²) in [5, 5.41) is 0. The first-order chi connectivity index (χ1) is 10.8. The minimum absolute atomic E-state index is 0.591. The van der Waals surface area contributed by atoms with Crippen molar-refractivity contribution in [3.8, 4) is 0 Å². The van der Waals surface area contributed by atoms with Crippen LogP contribution in [0.15, 0.2) is 0 Å². The van der Waals surface area contributed by atoms with E-state index < -0.39 is 0 Å². The Bertz CT molecular complexity index is 267. The van der Waals surface area contributed by atoms with Gasteiger partial charge in [-0.25, -0.2) is 0 Å². The molecular weight excluding hydrogens is 268 g/mol. The number of ether oxygens (including phenoxy) is 1. The number of hydrogen-bond donors (Lipinski definition) is 0. The molecule has 0 unspecified atom stereocenters. The summed E-state index contributed by atoms with van der Waals surface area (Å²) in [5.41, 5.74) is 0. The van der Waals surface area contributed by atoms with Crippen molar-refractivity contribution in [2.45, 2.75) is 110 Å². The Balaban J connectivity index is 1.65. The predicted octanol–water partition coefficient (Wildman–Crippen LogP) is 6.75. The van der Waals surface area contributed by atoms with Crippen LogP contribution in [0.2, 0.25) is 0 Å². The molecule has 0 N–H and O–H groups in total. The standard InChI is InChI=1S/C21H40O/c1-3-5-7-16-22-21-11-8-10-20(17-21)19-14-12-18(13-15-19)9-6-4-2/h18-21H,3-17H2,1-2H3/t18-,19+,20-,21-/m1/s1. The van der Waals surface area contributed by atoms with E-state index in [1.807, 2.05) is 0 Å². The molecule has 0 spiro atoms. The molecule has 0 amide bonds. The molecule has 2 saturated carbocycles. The number of rotatable bonds is 9. The minimum atomic E-state index is 0.591. The maximum absolute atomic E-state index is 6.18. The molecule has 2 rings (SSSR count). The second-order valence-electron chi connectivity index (χ2n) is 8.05. The van der Waals surface area contributed by atoms with Crippen LogP contribution in [-0.2, 0) is 4.74 Å². The quantitative estimate of drug-likeness (QED) is 0.428. The first-order valence-corrected chi connectivity index (χ1v) is 10.4. The Morgan fingerprint density at radius 2 is 1.55 bits per heavy atom. The van der Waals surface area contributed by atoms with Crippen LogP contribution in [0.4, 0.5) is 0 Å². The molecule has 22 heavy (non-hydrogen) atoms. The van der Waals surface area contributed by atoms with E-state index in [0.717, 1.165) is 24.4 Å². The van der Waals surface area contributed by atoms with Gasteiger partial charge in [-0.15, -0.1) is 0 Å². The van der Waals surface area contributed by atoms with Gasteiger partial charge in [-0.1, -0.05) is 65.2 Å². The second-order valence-corrected chi connectivity index (χ2v) is 8.05. The van der Waals surface area contributed by atoms with Gasteiger partial charge in [0.05, 0.1) is 6.10 Å². The highest BCUT2D eigenvalue weighted by molar-refractivity contribution is 4.83.